The third-order valence-electron chi connectivity index (χ3n) is 3.46. The number of benzene rings is 1. The maximum atomic E-state index is 13.5. The average Bonchev–Trinajstić information content (AvgIpc) is 3.05. The molecule has 2 heterocycles. The van der Waals surface area contributed by atoms with Crippen molar-refractivity contribution in [2.75, 3.05) is 13.1 Å². The van der Waals surface area contributed by atoms with Crippen LogP contribution in [0.5, 0.6) is 0 Å². The molecule has 100 valence electrons. The van der Waals surface area contributed by atoms with E-state index in [1.165, 1.54) is 18.9 Å². The van der Waals surface area contributed by atoms with E-state index in [-0.39, 0.29) is 5.82 Å². The Morgan fingerprint density at radius 1 is 1.32 bits per heavy atom. The molecule has 1 saturated heterocycles. The monoisotopic (exact) mass is 261 g/mol. The van der Waals surface area contributed by atoms with E-state index in [0.717, 1.165) is 13.1 Å². The number of rotatable bonds is 3. The van der Waals surface area contributed by atoms with Crippen molar-refractivity contribution >= 4 is 0 Å². The molecule has 1 aliphatic heterocycles. The molecule has 0 saturated carbocycles. The SMILES string of the molecule is Cc1ccc(-c2noc(CN3CCCC3)n2)cc1F. The second-order valence-electron chi connectivity index (χ2n) is 4.96. The van der Waals surface area contributed by atoms with Gasteiger partial charge < -0.3 is 4.52 Å². The summed E-state index contributed by atoms with van der Waals surface area (Å²) in [5.74, 6) is 0.800. The standard InChI is InChI=1S/C14H16FN3O/c1-10-4-5-11(8-12(10)15)14-16-13(19-17-14)9-18-6-2-3-7-18/h4-5,8H,2-3,6-7,9H2,1H3. The van der Waals surface area contributed by atoms with Crippen LogP contribution in [-0.4, -0.2) is 28.1 Å². The van der Waals surface area contributed by atoms with Crippen LogP contribution in [0.1, 0.15) is 24.3 Å². The second-order valence-corrected chi connectivity index (χ2v) is 4.96. The number of likely N-dealkylation sites (tertiary alicyclic amines) is 1. The first kappa shape index (κ1) is 12.3. The lowest BCUT2D eigenvalue weighted by molar-refractivity contribution is 0.268. The van der Waals surface area contributed by atoms with E-state index in [4.69, 9.17) is 4.52 Å². The lowest BCUT2D eigenvalue weighted by atomic mass is 10.1. The third-order valence-corrected chi connectivity index (χ3v) is 3.46. The van der Waals surface area contributed by atoms with Gasteiger partial charge in [-0.1, -0.05) is 17.3 Å². The Morgan fingerprint density at radius 2 is 2.11 bits per heavy atom. The van der Waals surface area contributed by atoms with Crippen LogP contribution in [0, 0.1) is 12.7 Å². The van der Waals surface area contributed by atoms with Crippen molar-refractivity contribution in [3.05, 3.63) is 35.5 Å². The number of nitrogens with zero attached hydrogens (tertiary/aromatic N) is 3. The fourth-order valence-electron chi connectivity index (χ4n) is 2.30. The number of aromatic nitrogens is 2. The molecule has 0 radical (unpaired) electrons. The van der Waals surface area contributed by atoms with E-state index in [1.807, 2.05) is 6.07 Å². The van der Waals surface area contributed by atoms with Gasteiger partial charge in [-0.05, 0) is 44.5 Å². The van der Waals surface area contributed by atoms with Gasteiger partial charge in [-0.2, -0.15) is 4.98 Å². The summed E-state index contributed by atoms with van der Waals surface area (Å²) in [4.78, 5) is 6.61. The molecule has 1 aromatic heterocycles. The summed E-state index contributed by atoms with van der Waals surface area (Å²) >= 11 is 0. The molecule has 2 aromatic rings. The highest BCUT2D eigenvalue weighted by Crippen LogP contribution is 2.20. The van der Waals surface area contributed by atoms with Gasteiger partial charge in [0, 0.05) is 5.56 Å². The predicted octanol–water partition coefficient (Wildman–Crippen LogP) is 2.78. The van der Waals surface area contributed by atoms with Crippen molar-refractivity contribution in [3.8, 4) is 11.4 Å². The summed E-state index contributed by atoms with van der Waals surface area (Å²) < 4.78 is 18.7. The Morgan fingerprint density at radius 3 is 2.84 bits per heavy atom. The second kappa shape index (κ2) is 5.09. The van der Waals surface area contributed by atoms with Crippen molar-refractivity contribution in [2.45, 2.75) is 26.3 Å². The van der Waals surface area contributed by atoms with E-state index >= 15 is 0 Å². The highest BCUT2D eigenvalue weighted by Gasteiger charge is 2.16. The molecule has 0 atom stereocenters. The quantitative estimate of drug-likeness (QED) is 0.852. The molecule has 0 N–H and O–H groups in total. The van der Waals surface area contributed by atoms with Gasteiger partial charge in [0.15, 0.2) is 0 Å². The maximum absolute atomic E-state index is 13.5. The lowest BCUT2D eigenvalue weighted by Crippen LogP contribution is -2.18. The average molecular weight is 261 g/mol. The Bertz CT molecular complexity index is 576. The Kier molecular flexibility index (Phi) is 3.29. The zero-order valence-corrected chi connectivity index (χ0v) is 10.9. The summed E-state index contributed by atoms with van der Waals surface area (Å²) in [6.07, 6.45) is 2.45. The third kappa shape index (κ3) is 2.66. The molecule has 0 bridgehead atoms. The van der Waals surface area contributed by atoms with Crippen LogP contribution >= 0.6 is 0 Å². The number of hydrogen-bond donors (Lipinski definition) is 0. The minimum absolute atomic E-state index is 0.247. The predicted molar refractivity (Wildman–Crippen MR) is 68.9 cm³/mol. The summed E-state index contributed by atoms with van der Waals surface area (Å²) in [5, 5.41) is 3.92. The molecular formula is C14H16FN3O. The van der Waals surface area contributed by atoms with Crippen LogP contribution in [0.3, 0.4) is 0 Å². The summed E-state index contributed by atoms with van der Waals surface area (Å²) in [7, 11) is 0. The first-order valence-electron chi connectivity index (χ1n) is 6.54. The van der Waals surface area contributed by atoms with Gasteiger partial charge in [0.2, 0.25) is 11.7 Å². The van der Waals surface area contributed by atoms with Crippen molar-refractivity contribution < 1.29 is 8.91 Å². The summed E-state index contributed by atoms with van der Waals surface area (Å²) in [6, 6.07) is 4.98. The van der Waals surface area contributed by atoms with Crippen LogP contribution in [0.2, 0.25) is 0 Å². The van der Waals surface area contributed by atoms with E-state index in [9.17, 15) is 4.39 Å². The Labute approximate surface area is 111 Å². The zero-order chi connectivity index (χ0) is 13.2. The van der Waals surface area contributed by atoms with E-state index < -0.39 is 0 Å². The number of halogens is 1. The van der Waals surface area contributed by atoms with E-state index in [2.05, 4.69) is 15.0 Å². The smallest absolute Gasteiger partial charge is 0.241 e. The fourth-order valence-corrected chi connectivity index (χ4v) is 2.30. The zero-order valence-electron chi connectivity index (χ0n) is 10.9. The maximum Gasteiger partial charge on any atom is 0.241 e. The first-order chi connectivity index (χ1) is 9.22. The van der Waals surface area contributed by atoms with Gasteiger partial charge in [0.25, 0.3) is 0 Å². The molecule has 1 aliphatic rings. The van der Waals surface area contributed by atoms with Gasteiger partial charge in [0.05, 0.1) is 6.54 Å². The van der Waals surface area contributed by atoms with E-state index in [1.54, 1.807) is 13.0 Å². The Balaban J connectivity index is 1.78. The van der Waals surface area contributed by atoms with Crippen LogP contribution < -0.4 is 0 Å². The molecule has 0 amide bonds. The van der Waals surface area contributed by atoms with Gasteiger partial charge >= 0.3 is 0 Å². The lowest BCUT2D eigenvalue weighted by Gasteiger charge is -2.09. The molecule has 5 heteroatoms. The molecule has 0 unspecified atom stereocenters. The van der Waals surface area contributed by atoms with Gasteiger partial charge in [-0.25, -0.2) is 4.39 Å². The van der Waals surface area contributed by atoms with Crippen molar-refractivity contribution in [1.29, 1.82) is 0 Å². The molecule has 0 spiro atoms. The summed E-state index contributed by atoms with van der Waals surface area (Å²) in [5.41, 5.74) is 1.27. The van der Waals surface area contributed by atoms with Crippen molar-refractivity contribution in [1.82, 2.24) is 15.0 Å². The molecule has 19 heavy (non-hydrogen) atoms. The van der Waals surface area contributed by atoms with Crippen LogP contribution in [0.25, 0.3) is 11.4 Å². The van der Waals surface area contributed by atoms with E-state index in [0.29, 0.717) is 29.4 Å². The highest BCUT2D eigenvalue weighted by atomic mass is 19.1. The van der Waals surface area contributed by atoms with Gasteiger partial charge in [0.1, 0.15) is 5.82 Å². The van der Waals surface area contributed by atoms with Crippen molar-refractivity contribution in [3.63, 3.8) is 0 Å². The molecule has 3 rings (SSSR count). The van der Waals surface area contributed by atoms with Crippen LogP contribution in [0.4, 0.5) is 4.39 Å². The van der Waals surface area contributed by atoms with Gasteiger partial charge in [-0.3, -0.25) is 4.90 Å². The molecule has 1 fully saturated rings. The first-order valence-corrected chi connectivity index (χ1v) is 6.54. The summed E-state index contributed by atoms with van der Waals surface area (Å²) in [6.45, 7) is 4.57. The van der Waals surface area contributed by atoms with Gasteiger partial charge in [-0.15, -0.1) is 0 Å². The van der Waals surface area contributed by atoms with Crippen LogP contribution in [0.15, 0.2) is 22.7 Å². The topological polar surface area (TPSA) is 42.2 Å². The fraction of sp³-hybridized carbons (Fsp3) is 0.429. The van der Waals surface area contributed by atoms with Crippen LogP contribution in [-0.2, 0) is 6.54 Å². The Hall–Kier alpha value is -1.75. The minimum atomic E-state index is -0.247. The largest absolute Gasteiger partial charge is 0.338 e. The number of aryl methyl sites for hydroxylation is 1. The molecule has 0 aliphatic carbocycles. The number of hydrogen-bond acceptors (Lipinski definition) is 4. The normalized spacial score (nSPS) is 16.1. The highest BCUT2D eigenvalue weighted by molar-refractivity contribution is 5.54. The molecular weight excluding hydrogens is 245 g/mol. The molecule has 4 nitrogen and oxygen atoms in total. The minimum Gasteiger partial charge on any atom is -0.338 e. The van der Waals surface area contributed by atoms with Crippen molar-refractivity contribution in [2.24, 2.45) is 0 Å². The molecule has 1 aromatic carbocycles.